The molecule has 0 aliphatic carbocycles. The highest BCUT2D eigenvalue weighted by Gasteiger charge is 2.12. The van der Waals surface area contributed by atoms with Gasteiger partial charge in [-0.25, -0.2) is 9.97 Å². The van der Waals surface area contributed by atoms with Gasteiger partial charge in [0.2, 0.25) is 0 Å². The minimum Gasteiger partial charge on any atom is -0.237 e. The zero-order valence-corrected chi connectivity index (χ0v) is 9.78. The Kier molecular flexibility index (Phi) is 2.71. The Balaban J connectivity index is 2.09. The second-order valence-corrected chi connectivity index (χ2v) is 3.76. The lowest BCUT2D eigenvalue weighted by molar-refractivity contribution is 0.935. The summed E-state index contributed by atoms with van der Waals surface area (Å²) in [5.41, 5.74) is 2.13. The number of aromatic nitrogens is 5. The Labute approximate surface area is 108 Å². The summed E-state index contributed by atoms with van der Waals surface area (Å²) < 4.78 is 0. The van der Waals surface area contributed by atoms with Gasteiger partial charge in [-0.1, -0.05) is 30.3 Å². The lowest BCUT2D eigenvalue weighted by atomic mass is 10.2. The van der Waals surface area contributed by atoms with Crippen LogP contribution < -0.4 is 0 Å². The second-order valence-electron chi connectivity index (χ2n) is 3.76. The number of hydrogen-bond donors (Lipinski definition) is 1. The quantitative estimate of drug-likeness (QED) is 0.746. The first-order valence-corrected chi connectivity index (χ1v) is 5.58. The van der Waals surface area contributed by atoms with E-state index < -0.39 is 0 Å². The molecule has 0 atom stereocenters. The van der Waals surface area contributed by atoms with E-state index in [1.807, 2.05) is 36.4 Å². The fourth-order valence-corrected chi connectivity index (χ4v) is 1.70. The maximum atomic E-state index is 8.94. The van der Waals surface area contributed by atoms with Gasteiger partial charge < -0.3 is 0 Å². The van der Waals surface area contributed by atoms with Gasteiger partial charge in [-0.2, -0.15) is 15.6 Å². The molecule has 0 saturated carbocycles. The van der Waals surface area contributed by atoms with Crippen LogP contribution >= 0.6 is 0 Å². The van der Waals surface area contributed by atoms with Crippen molar-refractivity contribution < 1.29 is 0 Å². The van der Waals surface area contributed by atoms with E-state index in [0.29, 0.717) is 17.2 Å². The molecule has 0 aliphatic rings. The molecule has 1 N–H and O–H groups in total. The molecule has 2 aromatic heterocycles. The monoisotopic (exact) mass is 248 g/mol. The van der Waals surface area contributed by atoms with Crippen molar-refractivity contribution in [1.82, 2.24) is 25.4 Å². The Morgan fingerprint density at radius 1 is 1.05 bits per heavy atom. The number of nitrogens with zero attached hydrogens (tertiary/aromatic N) is 5. The standard InChI is InChI=1S/C13H8N6/c14-8-11-12(18-19-17-11)10-6-7-15-13(16-10)9-4-2-1-3-5-9/h1-7H,(H,17,18,19). The molecule has 19 heavy (non-hydrogen) atoms. The number of hydrogen-bond acceptors (Lipinski definition) is 5. The molecule has 0 unspecified atom stereocenters. The molecule has 3 aromatic rings. The second kappa shape index (κ2) is 4.66. The molecule has 0 aliphatic heterocycles. The maximum Gasteiger partial charge on any atom is 0.192 e. The van der Waals surface area contributed by atoms with Crippen LogP contribution in [0.4, 0.5) is 0 Å². The van der Waals surface area contributed by atoms with E-state index in [9.17, 15) is 0 Å². The maximum absolute atomic E-state index is 8.94. The van der Waals surface area contributed by atoms with Crippen molar-refractivity contribution >= 4 is 0 Å². The van der Waals surface area contributed by atoms with Crippen LogP contribution in [0.3, 0.4) is 0 Å². The SMILES string of the molecule is N#Cc1n[nH]nc1-c1ccnc(-c2ccccc2)n1. The van der Waals surface area contributed by atoms with Gasteiger partial charge in [-0.3, -0.25) is 0 Å². The van der Waals surface area contributed by atoms with Crippen LogP contribution in [0.1, 0.15) is 5.69 Å². The molecule has 0 radical (unpaired) electrons. The third-order valence-electron chi connectivity index (χ3n) is 2.58. The topological polar surface area (TPSA) is 91.1 Å². The number of nitriles is 1. The molecule has 0 spiro atoms. The first-order chi connectivity index (χ1) is 9.38. The molecule has 0 saturated heterocycles. The van der Waals surface area contributed by atoms with E-state index in [1.165, 1.54) is 0 Å². The van der Waals surface area contributed by atoms with Crippen molar-refractivity contribution in [3.05, 3.63) is 48.3 Å². The predicted molar refractivity (Wildman–Crippen MR) is 67.6 cm³/mol. The summed E-state index contributed by atoms with van der Waals surface area (Å²) in [4.78, 5) is 8.63. The average Bonchev–Trinajstić information content (AvgIpc) is 2.97. The number of nitrogens with one attached hydrogen (secondary N) is 1. The summed E-state index contributed by atoms with van der Waals surface area (Å²) >= 11 is 0. The molecular formula is C13H8N6. The van der Waals surface area contributed by atoms with Gasteiger partial charge in [-0.15, -0.1) is 5.10 Å². The van der Waals surface area contributed by atoms with Gasteiger partial charge in [0.1, 0.15) is 11.8 Å². The third kappa shape index (κ3) is 2.05. The predicted octanol–water partition coefficient (Wildman–Crippen LogP) is 1.80. The normalized spacial score (nSPS) is 10.1. The minimum atomic E-state index is 0.220. The zero-order valence-electron chi connectivity index (χ0n) is 9.78. The van der Waals surface area contributed by atoms with Crippen LogP contribution in [0.25, 0.3) is 22.8 Å². The van der Waals surface area contributed by atoms with Gasteiger partial charge >= 0.3 is 0 Å². The van der Waals surface area contributed by atoms with Crippen molar-refractivity contribution in [2.24, 2.45) is 0 Å². The fraction of sp³-hybridized carbons (Fsp3) is 0. The van der Waals surface area contributed by atoms with E-state index in [-0.39, 0.29) is 5.69 Å². The van der Waals surface area contributed by atoms with Crippen LogP contribution in [0.2, 0.25) is 0 Å². The van der Waals surface area contributed by atoms with Crippen LogP contribution in [0, 0.1) is 11.3 Å². The van der Waals surface area contributed by atoms with E-state index in [4.69, 9.17) is 5.26 Å². The molecule has 3 rings (SSSR count). The largest absolute Gasteiger partial charge is 0.237 e. The van der Waals surface area contributed by atoms with Gasteiger partial charge in [0.15, 0.2) is 11.5 Å². The Bertz CT molecular complexity index is 741. The average molecular weight is 248 g/mol. The van der Waals surface area contributed by atoms with Gasteiger partial charge in [-0.05, 0) is 6.07 Å². The van der Waals surface area contributed by atoms with Gasteiger partial charge in [0.05, 0.1) is 5.69 Å². The smallest absolute Gasteiger partial charge is 0.192 e. The van der Waals surface area contributed by atoms with Crippen molar-refractivity contribution in [1.29, 1.82) is 5.26 Å². The summed E-state index contributed by atoms with van der Waals surface area (Å²) in [7, 11) is 0. The Morgan fingerprint density at radius 2 is 1.89 bits per heavy atom. The molecular weight excluding hydrogens is 240 g/mol. The molecule has 0 fully saturated rings. The fourth-order valence-electron chi connectivity index (χ4n) is 1.70. The highest BCUT2D eigenvalue weighted by Crippen LogP contribution is 2.20. The zero-order chi connectivity index (χ0) is 13.1. The van der Waals surface area contributed by atoms with Crippen molar-refractivity contribution in [2.45, 2.75) is 0 Å². The molecule has 1 aromatic carbocycles. The molecule has 0 amide bonds. The lowest BCUT2D eigenvalue weighted by Crippen LogP contribution is -1.93. The highest BCUT2D eigenvalue weighted by molar-refractivity contribution is 5.63. The Hall–Kier alpha value is -3.07. The van der Waals surface area contributed by atoms with E-state index >= 15 is 0 Å². The molecule has 0 bridgehead atoms. The van der Waals surface area contributed by atoms with E-state index in [2.05, 4.69) is 25.4 Å². The Morgan fingerprint density at radius 3 is 2.68 bits per heavy atom. The van der Waals surface area contributed by atoms with Crippen LogP contribution in [-0.4, -0.2) is 25.4 Å². The summed E-state index contributed by atoms with van der Waals surface area (Å²) in [6, 6.07) is 13.3. The summed E-state index contributed by atoms with van der Waals surface area (Å²) in [5, 5.41) is 19.1. The molecule has 2 heterocycles. The molecule has 6 heteroatoms. The van der Waals surface area contributed by atoms with Gasteiger partial charge in [0, 0.05) is 11.8 Å². The molecule has 6 nitrogen and oxygen atoms in total. The summed E-state index contributed by atoms with van der Waals surface area (Å²) in [6.45, 7) is 0. The van der Waals surface area contributed by atoms with Crippen molar-refractivity contribution in [2.75, 3.05) is 0 Å². The van der Waals surface area contributed by atoms with Crippen molar-refractivity contribution in [3.63, 3.8) is 0 Å². The third-order valence-corrected chi connectivity index (χ3v) is 2.58. The van der Waals surface area contributed by atoms with E-state index in [0.717, 1.165) is 5.56 Å². The van der Waals surface area contributed by atoms with Crippen LogP contribution in [-0.2, 0) is 0 Å². The van der Waals surface area contributed by atoms with Gasteiger partial charge in [0.25, 0.3) is 0 Å². The van der Waals surface area contributed by atoms with E-state index in [1.54, 1.807) is 12.3 Å². The number of H-pyrrole nitrogens is 1. The number of benzene rings is 1. The number of rotatable bonds is 2. The lowest BCUT2D eigenvalue weighted by Gasteiger charge is -2.01. The highest BCUT2D eigenvalue weighted by atomic mass is 15.3. The summed E-state index contributed by atoms with van der Waals surface area (Å²) in [6.07, 6.45) is 1.64. The number of aromatic amines is 1. The van der Waals surface area contributed by atoms with Crippen LogP contribution in [0.5, 0.6) is 0 Å². The molecule has 90 valence electrons. The minimum absolute atomic E-state index is 0.220. The summed E-state index contributed by atoms with van der Waals surface area (Å²) in [5.74, 6) is 0.588. The van der Waals surface area contributed by atoms with Crippen molar-refractivity contribution in [3.8, 4) is 28.8 Å². The first-order valence-electron chi connectivity index (χ1n) is 5.58. The van der Waals surface area contributed by atoms with Crippen LogP contribution in [0.15, 0.2) is 42.6 Å². The first kappa shape index (κ1) is 11.0.